The highest BCUT2D eigenvalue weighted by Gasteiger charge is 2.40. The summed E-state index contributed by atoms with van der Waals surface area (Å²) in [7, 11) is 0. The van der Waals surface area contributed by atoms with Crippen LogP contribution in [0.2, 0.25) is 0 Å². The van der Waals surface area contributed by atoms with Gasteiger partial charge in [-0.3, -0.25) is 0 Å². The summed E-state index contributed by atoms with van der Waals surface area (Å²) in [5.74, 6) is 0. The van der Waals surface area contributed by atoms with E-state index < -0.39 is 11.9 Å². The highest BCUT2D eigenvalue weighted by Crippen LogP contribution is 2.40. The number of benzene rings is 1. The highest BCUT2D eigenvalue weighted by atomic mass is 32.1. The van der Waals surface area contributed by atoms with Crippen LogP contribution < -0.4 is 5.32 Å². The third kappa shape index (κ3) is 2.82. The molecule has 1 aromatic carbocycles. The van der Waals surface area contributed by atoms with Crippen LogP contribution in [0.4, 0.5) is 18.3 Å². The molecule has 1 N–H and O–H groups in total. The quantitative estimate of drug-likeness (QED) is 0.543. The zero-order chi connectivity index (χ0) is 18.6. The van der Waals surface area contributed by atoms with E-state index in [0.29, 0.717) is 12.8 Å². The number of fused-ring (bicyclic) bond motifs is 2. The lowest BCUT2D eigenvalue weighted by Crippen LogP contribution is -2.37. The van der Waals surface area contributed by atoms with E-state index >= 15 is 0 Å². The van der Waals surface area contributed by atoms with Gasteiger partial charge in [-0.1, -0.05) is 23.5 Å². The first kappa shape index (κ1) is 16.5. The van der Waals surface area contributed by atoms with Crippen molar-refractivity contribution in [1.29, 1.82) is 0 Å². The lowest BCUT2D eigenvalue weighted by molar-refractivity contribution is -0.140. The van der Waals surface area contributed by atoms with Crippen LogP contribution in [0.25, 0.3) is 21.3 Å². The highest BCUT2D eigenvalue weighted by molar-refractivity contribution is 7.22. The molecular formula is C18H14F3N5S. The van der Waals surface area contributed by atoms with E-state index in [0.717, 1.165) is 15.3 Å². The smallest absolute Gasteiger partial charge is 0.359 e. The number of aromatic nitrogens is 4. The first-order valence-corrected chi connectivity index (χ1v) is 9.33. The van der Waals surface area contributed by atoms with Crippen LogP contribution in [-0.4, -0.2) is 25.8 Å². The predicted molar refractivity (Wildman–Crippen MR) is 97.8 cm³/mol. The molecule has 0 unspecified atom stereocenters. The van der Waals surface area contributed by atoms with Crippen LogP contribution in [0.3, 0.4) is 0 Å². The summed E-state index contributed by atoms with van der Waals surface area (Å²) < 4.78 is 42.3. The molecule has 5 nitrogen and oxygen atoms in total. The Balaban J connectivity index is 1.36. The molecule has 5 rings (SSSR count). The van der Waals surface area contributed by atoms with E-state index in [1.54, 1.807) is 11.3 Å². The van der Waals surface area contributed by atoms with E-state index in [9.17, 15) is 13.2 Å². The number of pyridine rings is 1. The molecule has 0 aliphatic heterocycles. The molecule has 0 amide bonds. The van der Waals surface area contributed by atoms with Gasteiger partial charge in [-0.2, -0.15) is 18.3 Å². The molecular weight excluding hydrogens is 375 g/mol. The van der Waals surface area contributed by atoms with Crippen molar-refractivity contribution in [1.82, 2.24) is 19.7 Å². The van der Waals surface area contributed by atoms with Crippen LogP contribution in [-0.2, 0) is 6.18 Å². The number of anilines is 1. The predicted octanol–water partition coefficient (Wildman–Crippen LogP) is 4.88. The molecule has 4 aromatic rings. The first-order chi connectivity index (χ1) is 13.0. The van der Waals surface area contributed by atoms with Crippen molar-refractivity contribution in [3.63, 3.8) is 0 Å². The Kier molecular flexibility index (Phi) is 3.61. The van der Waals surface area contributed by atoms with Crippen LogP contribution in [0, 0.1) is 0 Å². The molecule has 1 saturated carbocycles. The molecule has 3 heterocycles. The maximum atomic E-state index is 13.3. The topological polar surface area (TPSA) is 55.6 Å². The molecule has 0 atom stereocenters. The van der Waals surface area contributed by atoms with Gasteiger partial charge >= 0.3 is 6.18 Å². The number of halogens is 3. The second-order valence-corrected chi connectivity index (χ2v) is 7.65. The van der Waals surface area contributed by atoms with Crippen molar-refractivity contribution < 1.29 is 13.2 Å². The fourth-order valence-electron chi connectivity index (χ4n) is 3.45. The van der Waals surface area contributed by atoms with Crippen molar-refractivity contribution in [3.05, 3.63) is 48.3 Å². The number of nitrogens with one attached hydrogen (secondary N) is 1. The van der Waals surface area contributed by atoms with Crippen molar-refractivity contribution in [2.75, 3.05) is 5.32 Å². The Morgan fingerprint density at radius 1 is 1.11 bits per heavy atom. The number of hydrogen-bond acceptors (Lipinski definition) is 5. The second kappa shape index (κ2) is 5.91. The fraction of sp³-hybridized carbons (Fsp3) is 0.278. The van der Waals surface area contributed by atoms with Crippen LogP contribution in [0.5, 0.6) is 0 Å². The summed E-state index contributed by atoms with van der Waals surface area (Å²) in [5.41, 5.74) is 0.361. The van der Waals surface area contributed by atoms with E-state index in [2.05, 4.69) is 20.4 Å². The zero-order valence-corrected chi connectivity index (χ0v) is 14.8. The maximum absolute atomic E-state index is 13.3. The summed E-state index contributed by atoms with van der Waals surface area (Å²) in [4.78, 5) is 8.67. The van der Waals surface area contributed by atoms with Gasteiger partial charge in [0.25, 0.3) is 0 Å². The molecule has 1 aliphatic carbocycles. The molecule has 1 aliphatic rings. The largest absolute Gasteiger partial charge is 0.435 e. The van der Waals surface area contributed by atoms with Gasteiger partial charge in [-0.25, -0.2) is 14.6 Å². The molecule has 3 aromatic heterocycles. The molecule has 0 saturated heterocycles. The molecule has 0 spiro atoms. The Bertz CT molecular complexity index is 1090. The number of alkyl halides is 3. The summed E-state index contributed by atoms with van der Waals surface area (Å²) in [6.45, 7) is 0. The van der Waals surface area contributed by atoms with Gasteiger partial charge in [0.05, 0.1) is 21.6 Å². The number of thiazole rings is 1. The fourth-order valence-corrected chi connectivity index (χ4v) is 4.39. The lowest BCUT2D eigenvalue weighted by atomic mass is 9.87. The lowest BCUT2D eigenvalue weighted by Gasteiger charge is -2.35. The van der Waals surface area contributed by atoms with Crippen molar-refractivity contribution in [3.8, 4) is 0 Å². The Hall–Kier alpha value is -2.68. The normalized spacial score (nSPS) is 20.1. The van der Waals surface area contributed by atoms with Crippen LogP contribution >= 0.6 is 11.3 Å². The van der Waals surface area contributed by atoms with E-state index in [1.807, 2.05) is 24.3 Å². The number of rotatable bonds is 3. The second-order valence-electron chi connectivity index (χ2n) is 6.62. The summed E-state index contributed by atoms with van der Waals surface area (Å²) in [6.07, 6.45) is -1.63. The van der Waals surface area contributed by atoms with Gasteiger partial charge in [0.15, 0.2) is 16.5 Å². The van der Waals surface area contributed by atoms with Crippen molar-refractivity contribution in [2.24, 2.45) is 0 Å². The van der Waals surface area contributed by atoms with Gasteiger partial charge < -0.3 is 5.32 Å². The Morgan fingerprint density at radius 2 is 1.93 bits per heavy atom. The SMILES string of the molecule is FC(F)(F)c1nn([C@H]2C[C@H](Nc3nc4ccccc4s3)C2)c2ncccc12. The van der Waals surface area contributed by atoms with Crippen molar-refractivity contribution in [2.45, 2.75) is 31.1 Å². The average molecular weight is 389 g/mol. The maximum Gasteiger partial charge on any atom is 0.435 e. The Morgan fingerprint density at radius 3 is 2.70 bits per heavy atom. The molecule has 138 valence electrons. The number of nitrogens with zero attached hydrogens (tertiary/aromatic N) is 4. The van der Waals surface area contributed by atoms with Gasteiger partial charge in [0.2, 0.25) is 0 Å². The monoisotopic (exact) mass is 389 g/mol. The number of hydrogen-bond donors (Lipinski definition) is 1. The summed E-state index contributed by atoms with van der Waals surface area (Å²) >= 11 is 1.58. The minimum atomic E-state index is -4.49. The van der Waals surface area contributed by atoms with Gasteiger partial charge in [-0.05, 0) is 37.1 Å². The first-order valence-electron chi connectivity index (χ1n) is 8.51. The third-order valence-electron chi connectivity index (χ3n) is 4.82. The molecule has 0 radical (unpaired) electrons. The third-order valence-corrected chi connectivity index (χ3v) is 5.78. The minimum absolute atomic E-state index is 0.0487. The molecule has 1 fully saturated rings. The molecule has 27 heavy (non-hydrogen) atoms. The van der Waals surface area contributed by atoms with E-state index in [-0.39, 0.29) is 23.1 Å². The molecule has 9 heteroatoms. The molecule has 0 bridgehead atoms. The van der Waals surface area contributed by atoms with Gasteiger partial charge in [0, 0.05) is 12.2 Å². The average Bonchev–Trinajstić information content (AvgIpc) is 3.18. The van der Waals surface area contributed by atoms with Crippen LogP contribution in [0.15, 0.2) is 42.6 Å². The van der Waals surface area contributed by atoms with Crippen molar-refractivity contribution >= 4 is 37.7 Å². The summed E-state index contributed by atoms with van der Waals surface area (Å²) in [6, 6.07) is 10.9. The number of para-hydroxylation sites is 1. The van der Waals surface area contributed by atoms with Gasteiger partial charge in [-0.15, -0.1) is 0 Å². The standard InChI is InChI=1S/C18H14F3N5S/c19-18(20,21)15-12-4-3-7-22-16(12)26(25-15)11-8-10(9-11)23-17-24-13-5-1-2-6-14(13)27-17/h1-7,10-11H,8-9H2,(H,23,24)/t10-,11-. The van der Waals surface area contributed by atoms with Gasteiger partial charge in [0.1, 0.15) is 0 Å². The van der Waals surface area contributed by atoms with E-state index in [4.69, 9.17) is 0 Å². The zero-order valence-electron chi connectivity index (χ0n) is 13.9. The summed E-state index contributed by atoms with van der Waals surface area (Å²) in [5, 5.41) is 8.10. The Labute approximate surface area is 155 Å². The van der Waals surface area contributed by atoms with E-state index in [1.165, 1.54) is 23.0 Å². The van der Waals surface area contributed by atoms with Crippen LogP contribution in [0.1, 0.15) is 24.6 Å². The minimum Gasteiger partial charge on any atom is -0.359 e.